The molecule has 1 aromatic heterocycles. The lowest BCUT2D eigenvalue weighted by atomic mass is 10.1. The monoisotopic (exact) mass is 194 g/mol. The van der Waals surface area contributed by atoms with Crippen molar-refractivity contribution in [3.05, 3.63) is 23.9 Å². The van der Waals surface area contributed by atoms with E-state index in [1.807, 2.05) is 25.1 Å². The number of aromatic nitrogens is 1. The fourth-order valence-corrected chi connectivity index (χ4v) is 1.24. The number of pyridine rings is 1. The largest absolute Gasteiger partial charge is 0.478 e. The highest BCUT2D eigenvalue weighted by Crippen LogP contribution is 2.10. The molecule has 1 unspecified atom stereocenters. The fourth-order valence-electron chi connectivity index (χ4n) is 1.24. The molecule has 0 aliphatic rings. The molecule has 1 atom stereocenters. The first-order valence-electron chi connectivity index (χ1n) is 5.05. The maximum Gasteiger partial charge on any atom is 0.213 e. The summed E-state index contributed by atoms with van der Waals surface area (Å²) in [5.41, 5.74) is 6.61. The van der Waals surface area contributed by atoms with Crippen LogP contribution in [0, 0.1) is 5.92 Å². The number of hydrogen-bond donors (Lipinski definition) is 1. The van der Waals surface area contributed by atoms with Crippen molar-refractivity contribution < 1.29 is 4.74 Å². The molecule has 0 spiro atoms. The second-order valence-electron chi connectivity index (χ2n) is 3.45. The molecule has 0 bridgehead atoms. The van der Waals surface area contributed by atoms with Crippen LogP contribution in [0.1, 0.15) is 19.5 Å². The number of nitrogens with zero attached hydrogens (tertiary/aromatic N) is 1. The molecule has 0 aliphatic carbocycles. The van der Waals surface area contributed by atoms with Crippen molar-refractivity contribution in [1.82, 2.24) is 4.98 Å². The van der Waals surface area contributed by atoms with Gasteiger partial charge in [0.1, 0.15) is 0 Å². The summed E-state index contributed by atoms with van der Waals surface area (Å²) in [7, 11) is 0. The summed E-state index contributed by atoms with van der Waals surface area (Å²) < 4.78 is 5.32. The predicted octanol–water partition coefficient (Wildman–Crippen LogP) is 1.62. The molecule has 3 heteroatoms. The SMILES string of the molecule is CCOc1cccc(CC(C)CN)n1. The molecule has 0 saturated heterocycles. The summed E-state index contributed by atoms with van der Waals surface area (Å²) in [6.45, 7) is 5.43. The van der Waals surface area contributed by atoms with Gasteiger partial charge >= 0.3 is 0 Å². The summed E-state index contributed by atoms with van der Waals surface area (Å²) in [4.78, 5) is 4.37. The minimum absolute atomic E-state index is 0.472. The standard InChI is InChI=1S/C11H18N2O/c1-3-14-11-6-4-5-10(13-11)7-9(2)8-12/h4-6,9H,3,7-8,12H2,1-2H3. The molecule has 14 heavy (non-hydrogen) atoms. The minimum atomic E-state index is 0.472. The van der Waals surface area contributed by atoms with Gasteiger partial charge in [-0.3, -0.25) is 0 Å². The Kier molecular flexibility index (Phi) is 4.40. The third kappa shape index (κ3) is 3.34. The molecule has 0 amide bonds. The molecule has 1 rings (SSSR count). The van der Waals surface area contributed by atoms with Gasteiger partial charge in [0.2, 0.25) is 5.88 Å². The lowest BCUT2D eigenvalue weighted by molar-refractivity contribution is 0.325. The quantitative estimate of drug-likeness (QED) is 0.774. The zero-order valence-electron chi connectivity index (χ0n) is 8.86. The van der Waals surface area contributed by atoms with Crippen molar-refractivity contribution in [1.29, 1.82) is 0 Å². The van der Waals surface area contributed by atoms with E-state index in [1.54, 1.807) is 0 Å². The van der Waals surface area contributed by atoms with Gasteiger partial charge in [-0.1, -0.05) is 13.0 Å². The van der Waals surface area contributed by atoms with Gasteiger partial charge < -0.3 is 10.5 Å². The summed E-state index contributed by atoms with van der Waals surface area (Å²) in [5.74, 6) is 1.17. The average Bonchev–Trinajstić information content (AvgIpc) is 2.19. The van der Waals surface area contributed by atoms with E-state index in [0.29, 0.717) is 24.9 Å². The van der Waals surface area contributed by atoms with Crippen LogP contribution in [0.25, 0.3) is 0 Å². The van der Waals surface area contributed by atoms with Crippen molar-refractivity contribution >= 4 is 0 Å². The third-order valence-electron chi connectivity index (χ3n) is 2.03. The van der Waals surface area contributed by atoms with Crippen molar-refractivity contribution in [2.45, 2.75) is 20.3 Å². The molecular weight excluding hydrogens is 176 g/mol. The van der Waals surface area contributed by atoms with Crippen LogP contribution in [0.4, 0.5) is 0 Å². The Hall–Kier alpha value is -1.09. The summed E-state index contributed by atoms with van der Waals surface area (Å²) in [6, 6.07) is 5.85. The van der Waals surface area contributed by atoms with E-state index in [9.17, 15) is 0 Å². The Bertz CT molecular complexity index is 276. The Labute approximate surface area is 85.3 Å². The second-order valence-corrected chi connectivity index (χ2v) is 3.45. The van der Waals surface area contributed by atoms with Crippen LogP contribution >= 0.6 is 0 Å². The van der Waals surface area contributed by atoms with Gasteiger partial charge in [0.15, 0.2) is 0 Å². The Morgan fingerprint density at radius 3 is 2.93 bits per heavy atom. The van der Waals surface area contributed by atoms with Gasteiger partial charge in [-0.2, -0.15) is 0 Å². The first-order valence-corrected chi connectivity index (χ1v) is 5.05. The van der Waals surface area contributed by atoms with Crippen molar-refractivity contribution in [3.63, 3.8) is 0 Å². The van der Waals surface area contributed by atoms with Crippen LogP contribution in [-0.4, -0.2) is 18.1 Å². The van der Waals surface area contributed by atoms with Crippen LogP contribution in [0.5, 0.6) is 5.88 Å². The molecule has 78 valence electrons. The molecular formula is C11H18N2O. The second kappa shape index (κ2) is 5.60. The molecule has 0 aliphatic heterocycles. The van der Waals surface area contributed by atoms with Crippen molar-refractivity contribution in [2.24, 2.45) is 11.7 Å². The maximum absolute atomic E-state index is 5.56. The molecule has 0 aromatic carbocycles. The number of hydrogen-bond acceptors (Lipinski definition) is 3. The van der Waals surface area contributed by atoms with Crippen LogP contribution in [0.3, 0.4) is 0 Å². The molecule has 0 fully saturated rings. The fraction of sp³-hybridized carbons (Fsp3) is 0.545. The first-order chi connectivity index (χ1) is 6.76. The zero-order valence-corrected chi connectivity index (χ0v) is 8.86. The smallest absolute Gasteiger partial charge is 0.213 e. The molecule has 1 heterocycles. The zero-order chi connectivity index (χ0) is 10.4. The summed E-state index contributed by atoms with van der Waals surface area (Å²) in [6.07, 6.45) is 0.914. The van der Waals surface area contributed by atoms with E-state index in [-0.39, 0.29) is 0 Å². The normalized spacial score (nSPS) is 12.5. The molecule has 2 N–H and O–H groups in total. The van der Waals surface area contributed by atoms with Crippen molar-refractivity contribution in [2.75, 3.05) is 13.2 Å². The number of rotatable bonds is 5. The van der Waals surface area contributed by atoms with Crippen LogP contribution in [0.15, 0.2) is 18.2 Å². The molecule has 1 aromatic rings. The van der Waals surface area contributed by atoms with Crippen molar-refractivity contribution in [3.8, 4) is 5.88 Å². The van der Waals surface area contributed by atoms with E-state index >= 15 is 0 Å². The maximum atomic E-state index is 5.56. The lowest BCUT2D eigenvalue weighted by Gasteiger charge is -2.08. The Morgan fingerprint density at radius 2 is 2.29 bits per heavy atom. The van der Waals surface area contributed by atoms with Gasteiger partial charge in [-0.05, 0) is 31.9 Å². The number of ether oxygens (including phenoxy) is 1. The van der Waals surface area contributed by atoms with Gasteiger partial charge in [0.05, 0.1) is 6.61 Å². The van der Waals surface area contributed by atoms with E-state index < -0.39 is 0 Å². The third-order valence-corrected chi connectivity index (χ3v) is 2.03. The van der Waals surface area contributed by atoms with E-state index in [4.69, 9.17) is 10.5 Å². The average molecular weight is 194 g/mol. The Balaban J connectivity index is 2.63. The van der Waals surface area contributed by atoms with Crippen LogP contribution in [-0.2, 0) is 6.42 Å². The molecule has 0 saturated carbocycles. The van der Waals surface area contributed by atoms with Crippen LogP contribution in [0.2, 0.25) is 0 Å². The Morgan fingerprint density at radius 1 is 1.50 bits per heavy atom. The lowest BCUT2D eigenvalue weighted by Crippen LogP contribution is -2.13. The van der Waals surface area contributed by atoms with Gasteiger partial charge in [0, 0.05) is 11.8 Å². The van der Waals surface area contributed by atoms with Gasteiger partial charge in [0.25, 0.3) is 0 Å². The molecule has 3 nitrogen and oxygen atoms in total. The highest BCUT2D eigenvalue weighted by molar-refractivity contribution is 5.16. The topological polar surface area (TPSA) is 48.1 Å². The summed E-state index contributed by atoms with van der Waals surface area (Å²) in [5, 5.41) is 0. The first kappa shape index (κ1) is 11.0. The number of nitrogens with two attached hydrogens (primary N) is 1. The summed E-state index contributed by atoms with van der Waals surface area (Å²) >= 11 is 0. The molecule has 0 radical (unpaired) electrons. The van der Waals surface area contributed by atoms with E-state index in [0.717, 1.165) is 12.1 Å². The van der Waals surface area contributed by atoms with Gasteiger partial charge in [-0.25, -0.2) is 4.98 Å². The predicted molar refractivity (Wildman–Crippen MR) is 57.3 cm³/mol. The van der Waals surface area contributed by atoms with E-state index in [2.05, 4.69) is 11.9 Å². The minimum Gasteiger partial charge on any atom is -0.478 e. The van der Waals surface area contributed by atoms with E-state index in [1.165, 1.54) is 0 Å². The van der Waals surface area contributed by atoms with Gasteiger partial charge in [-0.15, -0.1) is 0 Å². The highest BCUT2D eigenvalue weighted by atomic mass is 16.5. The van der Waals surface area contributed by atoms with Crippen LogP contribution < -0.4 is 10.5 Å². The highest BCUT2D eigenvalue weighted by Gasteiger charge is 2.03.